The smallest absolute Gasteiger partial charge is 0.258 e. The van der Waals surface area contributed by atoms with Gasteiger partial charge >= 0.3 is 0 Å². The lowest BCUT2D eigenvalue weighted by molar-refractivity contribution is 0.664. The van der Waals surface area contributed by atoms with Crippen LogP contribution in [0.4, 0.5) is 5.69 Å². The molecule has 0 spiro atoms. The van der Waals surface area contributed by atoms with Crippen molar-refractivity contribution in [3.63, 3.8) is 0 Å². The van der Waals surface area contributed by atoms with Crippen LogP contribution in [-0.4, -0.2) is 15.4 Å². The van der Waals surface area contributed by atoms with Crippen LogP contribution in [0.1, 0.15) is 23.9 Å². The molecule has 1 atom stereocenters. The van der Waals surface area contributed by atoms with Gasteiger partial charge in [-0.25, -0.2) is 4.98 Å². The molecule has 4 nitrogen and oxygen atoms in total. The minimum atomic E-state index is -0.0109. The lowest BCUT2D eigenvalue weighted by atomic mass is 10.1. The van der Waals surface area contributed by atoms with E-state index >= 15 is 0 Å². The molecular weight excluding hydrogens is 286 g/mol. The van der Waals surface area contributed by atoms with Crippen molar-refractivity contribution in [1.82, 2.24) is 9.38 Å². The molecule has 0 N–H and O–H groups in total. The third-order valence-corrected chi connectivity index (χ3v) is 4.61. The predicted molar refractivity (Wildman–Crippen MR) is 92.0 cm³/mol. The average Bonchev–Trinajstić information content (AvgIpc) is 2.83. The zero-order chi connectivity index (χ0) is 16.0. The molecule has 2 aromatic heterocycles. The Balaban J connectivity index is 1.75. The largest absolute Gasteiger partial charge is 0.362 e. The SMILES string of the molecule is Cc1cccc2nc(CN3c4ccccc4C[C@H]3C)cc(=O)n12. The molecule has 0 saturated heterocycles. The summed E-state index contributed by atoms with van der Waals surface area (Å²) in [6, 6.07) is 16.3. The summed E-state index contributed by atoms with van der Waals surface area (Å²) in [5.74, 6) is 0. The number of anilines is 1. The van der Waals surface area contributed by atoms with Crippen molar-refractivity contribution in [2.45, 2.75) is 32.9 Å². The number of rotatable bonds is 2. The van der Waals surface area contributed by atoms with Crippen molar-refractivity contribution < 1.29 is 0 Å². The topological polar surface area (TPSA) is 37.6 Å². The highest BCUT2D eigenvalue weighted by atomic mass is 16.1. The molecule has 1 aromatic carbocycles. The molecule has 3 heterocycles. The van der Waals surface area contributed by atoms with Crippen LogP contribution in [0.2, 0.25) is 0 Å². The Morgan fingerprint density at radius 3 is 2.87 bits per heavy atom. The Hall–Kier alpha value is -2.62. The molecule has 1 aliphatic rings. The number of hydrogen-bond acceptors (Lipinski definition) is 3. The number of hydrogen-bond donors (Lipinski definition) is 0. The summed E-state index contributed by atoms with van der Waals surface area (Å²) in [4.78, 5) is 19.5. The molecule has 0 amide bonds. The van der Waals surface area contributed by atoms with Gasteiger partial charge in [0.25, 0.3) is 5.56 Å². The first kappa shape index (κ1) is 14.0. The van der Waals surface area contributed by atoms with E-state index < -0.39 is 0 Å². The number of para-hydroxylation sites is 1. The van der Waals surface area contributed by atoms with Crippen LogP contribution in [-0.2, 0) is 13.0 Å². The van der Waals surface area contributed by atoms with Gasteiger partial charge in [-0.2, -0.15) is 0 Å². The lowest BCUT2D eigenvalue weighted by Crippen LogP contribution is -2.30. The van der Waals surface area contributed by atoms with E-state index in [0.29, 0.717) is 18.2 Å². The van der Waals surface area contributed by atoms with Gasteiger partial charge in [-0.1, -0.05) is 24.3 Å². The van der Waals surface area contributed by atoms with Gasteiger partial charge in [0.1, 0.15) is 5.65 Å². The normalized spacial score (nSPS) is 16.8. The van der Waals surface area contributed by atoms with Crippen LogP contribution in [0.25, 0.3) is 5.65 Å². The zero-order valence-corrected chi connectivity index (χ0v) is 13.4. The number of nitrogens with zero attached hydrogens (tertiary/aromatic N) is 3. The number of aromatic nitrogens is 2. The van der Waals surface area contributed by atoms with Crippen molar-refractivity contribution in [2.75, 3.05) is 4.90 Å². The standard InChI is InChI=1S/C19H19N3O/c1-13-6-5-9-18-20-16(11-19(23)22(13)18)12-21-14(2)10-15-7-3-4-8-17(15)21/h3-9,11,14H,10,12H2,1-2H3/t14-/m1/s1. The summed E-state index contributed by atoms with van der Waals surface area (Å²) in [6.07, 6.45) is 1.04. The van der Waals surface area contributed by atoms with Gasteiger partial charge < -0.3 is 4.90 Å². The van der Waals surface area contributed by atoms with Gasteiger partial charge in [-0.15, -0.1) is 0 Å². The van der Waals surface area contributed by atoms with Crippen molar-refractivity contribution in [2.24, 2.45) is 0 Å². The van der Waals surface area contributed by atoms with Gasteiger partial charge in [0, 0.05) is 23.5 Å². The van der Waals surface area contributed by atoms with Gasteiger partial charge in [0.05, 0.1) is 12.2 Å². The van der Waals surface area contributed by atoms with Crippen molar-refractivity contribution >= 4 is 11.3 Å². The van der Waals surface area contributed by atoms with Gasteiger partial charge in [-0.3, -0.25) is 9.20 Å². The zero-order valence-electron chi connectivity index (χ0n) is 13.4. The average molecular weight is 305 g/mol. The predicted octanol–water partition coefficient (Wildman–Crippen LogP) is 2.95. The third kappa shape index (κ3) is 2.31. The van der Waals surface area contributed by atoms with Crippen LogP contribution < -0.4 is 10.5 Å². The highest BCUT2D eigenvalue weighted by Crippen LogP contribution is 2.32. The summed E-state index contributed by atoms with van der Waals surface area (Å²) < 4.78 is 1.66. The molecule has 4 rings (SSSR count). The van der Waals surface area contributed by atoms with Gasteiger partial charge in [0.15, 0.2) is 0 Å². The maximum atomic E-state index is 12.4. The van der Waals surface area contributed by atoms with Crippen LogP contribution in [0.5, 0.6) is 0 Å². The van der Waals surface area contributed by atoms with Crippen LogP contribution in [0.3, 0.4) is 0 Å². The Labute approximate surface area is 135 Å². The molecule has 3 aromatic rings. The first-order valence-corrected chi connectivity index (χ1v) is 7.96. The van der Waals surface area contributed by atoms with E-state index in [9.17, 15) is 4.79 Å². The Kier molecular flexibility index (Phi) is 3.18. The molecule has 0 radical (unpaired) electrons. The van der Waals surface area contributed by atoms with E-state index in [1.807, 2.05) is 25.1 Å². The second-order valence-corrected chi connectivity index (χ2v) is 6.26. The fourth-order valence-corrected chi connectivity index (χ4v) is 3.49. The van der Waals surface area contributed by atoms with Gasteiger partial charge in [0.2, 0.25) is 0 Å². The summed E-state index contributed by atoms with van der Waals surface area (Å²) in [6.45, 7) is 4.81. The van der Waals surface area contributed by atoms with E-state index in [0.717, 1.165) is 17.8 Å². The second-order valence-electron chi connectivity index (χ2n) is 6.26. The quantitative estimate of drug-likeness (QED) is 0.730. The monoisotopic (exact) mass is 305 g/mol. The molecule has 23 heavy (non-hydrogen) atoms. The summed E-state index contributed by atoms with van der Waals surface area (Å²) in [5.41, 5.74) is 5.06. The van der Waals surface area contributed by atoms with Crippen LogP contribution >= 0.6 is 0 Å². The van der Waals surface area contributed by atoms with E-state index in [1.54, 1.807) is 10.5 Å². The minimum absolute atomic E-state index is 0.0109. The fourth-order valence-electron chi connectivity index (χ4n) is 3.49. The molecule has 0 fully saturated rings. The van der Waals surface area contributed by atoms with E-state index in [1.165, 1.54) is 11.3 Å². The molecule has 116 valence electrons. The minimum Gasteiger partial charge on any atom is -0.362 e. The summed E-state index contributed by atoms with van der Waals surface area (Å²) >= 11 is 0. The van der Waals surface area contributed by atoms with E-state index in [-0.39, 0.29) is 5.56 Å². The maximum absolute atomic E-state index is 12.4. The second kappa shape index (κ2) is 5.23. The molecule has 4 heteroatoms. The molecule has 0 bridgehead atoms. The van der Waals surface area contributed by atoms with Crippen LogP contribution in [0, 0.1) is 6.92 Å². The molecule has 1 aliphatic heterocycles. The molecular formula is C19H19N3O. The number of fused-ring (bicyclic) bond motifs is 2. The Bertz CT molecular complexity index is 945. The molecule has 0 unspecified atom stereocenters. The van der Waals surface area contributed by atoms with Gasteiger partial charge in [-0.05, 0) is 44.0 Å². The van der Waals surface area contributed by atoms with Crippen LogP contribution in [0.15, 0.2) is 53.3 Å². The van der Waals surface area contributed by atoms with E-state index in [4.69, 9.17) is 0 Å². The Morgan fingerprint density at radius 2 is 2.00 bits per heavy atom. The number of benzene rings is 1. The fraction of sp³-hybridized carbons (Fsp3) is 0.263. The first-order valence-electron chi connectivity index (χ1n) is 7.96. The van der Waals surface area contributed by atoms with Crippen molar-refractivity contribution in [3.05, 3.63) is 75.8 Å². The Morgan fingerprint density at radius 1 is 1.17 bits per heavy atom. The number of pyridine rings is 1. The third-order valence-electron chi connectivity index (χ3n) is 4.61. The molecule has 0 aliphatic carbocycles. The number of aryl methyl sites for hydroxylation is 1. The molecule has 0 saturated carbocycles. The lowest BCUT2D eigenvalue weighted by Gasteiger charge is -2.24. The summed E-state index contributed by atoms with van der Waals surface area (Å²) in [5, 5.41) is 0. The highest BCUT2D eigenvalue weighted by molar-refractivity contribution is 5.59. The van der Waals surface area contributed by atoms with Crippen molar-refractivity contribution in [3.8, 4) is 0 Å². The maximum Gasteiger partial charge on any atom is 0.258 e. The summed E-state index contributed by atoms with van der Waals surface area (Å²) in [7, 11) is 0. The van der Waals surface area contributed by atoms with Crippen molar-refractivity contribution in [1.29, 1.82) is 0 Å². The van der Waals surface area contributed by atoms with E-state index in [2.05, 4.69) is 41.1 Å². The first-order chi connectivity index (χ1) is 11.1. The highest BCUT2D eigenvalue weighted by Gasteiger charge is 2.25.